The minimum absolute atomic E-state index is 0.00683. The molecule has 2 fully saturated rings. The van der Waals surface area contributed by atoms with E-state index in [-0.39, 0.29) is 5.56 Å². The van der Waals surface area contributed by atoms with Gasteiger partial charge >= 0.3 is 0 Å². The van der Waals surface area contributed by atoms with Gasteiger partial charge in [-0.2, -0.15) is 0 Å². The van der Waals surface area contributed by atoms with Gasteiger partial charge in [0.1, 0.15) is 5.82 Å². The second kappa shape index (κ2) is 4.35. The third kappa shape index (κ3) is 1.75. The van der Waals surface area contributed by atoms with Crippen molar-refractivity contribution in [2.45, 2.75) is 43.8 Å². The average molecular weight is 269 g/mol. The van der Waals surface area contributed by atoms with E-state index in [1.807, 2.05) is 24.3 Å². The molecule has 2 bridgehead atoms. The molecular weight excluding hydrogens is 250 g/mol. The van der Waals surface area contributed by atoms with Crippen LogP contribution >= 0.6 is 0 Å². The van der Waals surface area contributed by atoms with Gasteiger partial charge in [0.05, 0.1) is 0 Å². The van der Waals surface area contributed by atoms with E-state index in [1.165, 1.54) is 12.8 Å². The lowest BCUT2D eigenvalue weighted by Gasteiger charge is -2.39. The topological polar surface area (TPSA) is 62.1 Å². The summed E-state index contributed by atoms with van der Waals surface area (Å²) in [6, 6.07) is 11.2. The van der Waals surface area contributed by atoms with Crippen LogP contribution in [0.15, 0.2) is 35.1 Å². The number of nitrogens with one attached hydrogen (secondary N) is 1. The number of benzene rings is 1. The number of piperidine rings is 1. The molecule has 0 radical (unpaired) electrons. The summed E-state index contributed by atoms with van der Waals surface area (Å²) in [6.07, 6.45) is 4.44. The highest BCUT2D eigenvalue weighted by atomic mass is 16.1. The Kier molecular flexibility index (Phi) is 2.60. The van der Waals surface area contributed by atoms with Gasteiger partial charge in [-0.15, -0.1) is 0 Å². The average Bonchev–Trinajstić information content (AvgIpc) is 2.71. The Labute approximate surface area is 117 Å². The minimum atomic E-state index is 0.00683. The van der Waals surface area contributed by atoms with Gasteiger partial charge in [0.15, 0.2) is 0 Å². The summed E-state index contributed by atoms with van der Waals surface area (Å²) in [5, 5.41) is 1.78. The van der Waals surface area contributed by atoms with E-state index in [9.17, 15) is 4.79 Å². The van der Waals surface area contributed by atoms with Crippen LogP contribution < -0.4 is 16.2 Å². The van der Waals surface area contributed by atoms with Gasteiger partial charge < -0.3 is 15.6 Å². The number of rotatable bonds is 1. The monoisotopic (exact) mass is 269 g/mol. The number of anilines is 1. The van der Waals surface area contributed by atoms with Crippen LogP contribution in [0.2, 0.25) is 0 Å². The van der Waals surface area contributed by atoms with Crippen molar-refractivity contribution >= 4 is 16.6 Å². The summed E-state index contributed by atoms with van der Waals surface area (Å²) in [5.41, 5.74) is 6.12. The van der Waals surface area contributed by atoms with Crippen molar-refractivity contribution in [3.63, 3.8) is 0 Å². The standard InChI is InChI=1S/C16H19N3O/c17-11-8-12-5-6-13(9-11)19(12)15-7-10-3-1-2-4-14(10)16(20)18-15/h1-4,7,11-13H,5-6,8-9,17H2,(H,18,20). The predicted octanol–water partition coefficient (Wildman–Crippen LogP) is 1.99. The molecule has 3 N–H and O–H groups in total. The Morgan fingerprint density at radius 2 is 1.85 bits per heavy atom. The molecule has 104 valence electrons. The number of aromatic nitrogens is 1. The Morgan fingerprint density at radius 1 is 1.15 bits per heavy atom. The zero-order chi connectivity index (χ0) is 13.7. The number of nitrogens with two attached hydrogens (primary N) is 1. The highest BCUT2D eigenvalue weighted by molar-refractivity contribution is 5.84. The third-order valence-electron chi connectivity index (χ3n) is 4.79. The SMILES string of the molecule is NC1CC2CCC(C1)N2c1cc2ccccc2c(=O)[nH]1. The molecule has 0 spiro atoms. The maximum atomic E-state index is 12.2. The van der Waals surface area contributed by atoms with E-state index < -0.39 is 0 Å². The van der Waals surface area contributed by atoms with Gasteiger partial charge in [0.2, 0.25) is 0 Å². The Balaban J connectivity index is 1.81. The third-order valence-corrected chi connectivity index (χ3v) is 4.79. The fourth-order valence-corrected chi connectivity index (χ4v) is 3.95. The lowest BCUT2D eigenvalue weighted by atomic mass is 9.98. The largest absolute Gasteiger partial charge is 0.352 e. The van der Waals surface area contributed by atoms with Crippen LogP contribution in [0, 0.1) is 0 Å². The Morgan fingerprint density at radius 3 is 2.60 bits per heavy atom. The molecule has 2 aliphatic rings. The Bertz CT molecular complexity index is 694. The number of fused-ring (bicyclic) bond motifs is 3. The minimum Gasteiger partial charge on any atom is -0.352 e. The summed E-state index contributed by atoms with van der Waals surface area (Å²) in [4.78, 5) is 17.7. The second-order valence-electron chi connectivity index (χ2n) is 6.09. The number of nitrogens with zero attached hydrogens (tertiary/aromatic N) is 1. The molecule has 2 aromatic rings. The van der Waals surface area contributed by atoms with Gasteiger partial charge in [0, 0.05) is 23.5 Å². The van der Waals surface area contributed by atoms with E-state index in [0.29, 0.717) is 18.1 Å². The van der Waals surface area contributed by atoms with Gasteiger partial charge in [0.25, 0.3) is 5.56 Å². The normalized spacial score (nSPS) is 29.1. The molecule has 2 aliphatic heterocycles. The van der Waals surface area contributed by atoms with Crippen LogP contribution in [0.4, 0.5) is 5.82 Å². The fourth-order valence-electron chi connectivity index (χ4n) is 3.95. The quantitative estimate of drug-likeness (QED) is 0.832. The molecule has 2 unspecified atom stereocenters. The molecule has 2 saturated heterocycles. The van der Waals surface area contributed by atoms with E-state index >= 15 is 0 Å². The van der Waals surface area contributed by atoms with Crippen LogP contribution in [0.25, 0.3) is 10.8 Å². The zero-order valence-electron chi connectivity index (χ0n) is 11.4. The summed E-state index contributed by atoms with van der Waals surface area (Å²) in [7, 11) is 0. The highest BCUT2D eigenvalue weighted by Gasteiger charge is 2.40. The summed E-state index contributed by atoms with van der Waals surface area (Å²) in [6.45, 7) is 0. The Hall–Kier alpha value is -1.81. The summed E-state index contributed by atoms with van der Waals surface area (Å²) < 4.78 is 0. The van der Waals surface area contributed by atoms with Crippen molar-refractivity contribution in [2.24, 2.45) is 5.73 Å². The zero-order valence-corrected chi connectivity index (χ0v) is 11.4. The van der Waals surface area contributed by atoms with Gasteiger partial charge in [-0.25, -0.2) is 0 Å². The number of aromatic amines is 1. The van der Waals surface area contributed by atoms with Crippen LogP contribution in [-0.2, 0) is 0 Å². The van der Waals surface area contributed by atoms with E-state index in [1.54, 1.807) is 0 Å². The molecular formula is C16H19N3O. The molecule has 1 aromatic heterocycles. The van der Waals surface area contributed by atoms with Gasteiger partial charge in [-0.1, -0.05) is 18.2 Å². The van der Waals surface area contributed by atoms with Crippen molar-refractivity contribution in [2.75, 3.05) is 4.90 Å². The van der Waals surface area contributed by atoms with E-state index in [2.05, 4.69) is 16.0 Å². The predicted molar refractivity (Wildman–Crippen MR) is 81.1 cm³/mol. The fraction of sp³-hybridized carbons (Fsp3) is 0.438. The molecule has 20 heavy (non-hydrogen) atoms. The molecule has 0 amide bonds. The van der Waals surface area contributed by atoms with Crippen LogP contribution in [0.3, 0.4) is 0 Å². The number of hydrogen-bond acceptors (Lipinski definition) is 3. The smallest absolute Gasteiger partial charge is 0.257 e. The van der Waals surface area contributed by atoms with Crippen molar-refractivity contribution in [3.8, 4) is 0 Å². The van der Waals surface area contributed by atoms with Crippen molar-refractivity contribution in [3.05, 3.63) is 40.7 Å². The number of H-pyrrole nitrogens is 1. The van der Waals surface area contributed by atoms with E-state index in [4.69, 9.17) is 5.73 Å². The summed E-state index contributed by atoms with van der Waals surface area (Å²) in [5.74, 6) is 0.966. The number of hydrogen-bond donors (Lipinski definition) is 2. The lowest BCUT2D eigenvalue weighted by molar-refractivity contribution is 0.412. The summed E-state index contributed by atoms with van der Waals surface area (Å²) >= 11 is 0. The second-order valence-corrected chi connectivity index (χ2v) is 6.09. The first-order valence-corrected chi connectivity index (χ1v) is 7.38. The molecule has 0 saturated carbocycles. The van der Waals surface area contributed by atoms with Crippen molar-refractivity contribution < 1.29 is 0 Å². The van der Waals surface area contributed by atoms with Crippen LogP contribution in [0.5, 0.6) is 0 Å². The van der Waals surface area contributed by atoms with Crippen molar-refractivity contribution in [1.82, 2.24) is 4.98 Å². The van der Waals surface area contributed by atoms with Gasteiger partial charge in [-0.3, -0.25) is 4.79 Å². The maximum Gasteiger partial charge on any atom is 0.257 e. The first-order chi connectivity index (χ1) is 9.72. The maximum absolute atomic E-state index is 12.2. The van der Waals surface area contributed by atoms with Crippen LogP contribution in [-0.4, -0.2) is 23.1 Å². The number of pyridine rings is 1. The molecule has 0 aliphatic carbocycles. The van der Waals surface area contributed by atoms with E-state index in [0.717, 1.165) is 29.4 Å². The first-order valence-electron chi connectivity index (χ1n) is 7.38. The molecule has 4 rings (SSSR count). The lowest BCUT2D eigenvalue weighted by Crippen LogP contribution is -2.48. The van der Waals surface area contributed by atoms with Gasteiger partial charge in [-0.05, 0) is 43.2 Å². The van der Waals surface area contributed by atoms with Crippen LogP contribution in [0.1, 0.15) is 25.7 Å². The molecule has 1 aromatic carbocycles. The van der Waals surface area contributed by atoms with Crippen molar-refractivity contribution in [1.29, 1.82) is 0 Å². The molecule has 4 nitrogen and oxygen atoms in total. The first kappa shape index (κ1) is 12.0. The molecule has 2 atom stereocenters. The highest BCUT2D eigenvalue weighted by Crippen LogP contribution is 2.38. The molecule has 4 heteroatoms. The molecule has 3 heterocycles.